The lowest BCUT2D eigenvalue weighted by Crippen LogP contribution is -2.34. The molecule has 120 valence electrons. The molecule has 1 amide bonds. The minimum absolute atomic E-state index is 0.0730. The second-order valence-electron chi connectivity index (χ2n) is 5.31. The molecule has 0 saturated heterocycles. The van der Waals surface area contributed by atoms with E-state index in [4.69, 9.17) is 10.8 Å². The zero-order valence-corrected chi connectivity index (χ0v) is 12.7. The number of nitrogens with two attached hydrogens (primary N) is 1. The predicted octanol–water partition coefficient (Wildman–Crippen LogP) is 2.08. The van der Waals surface area contributed by atoms with Gasteiger partial charge in [-0.3, -0.25) is 9.59 Å². The molecule has 1 atom stereocenters. The lowest BCUT2D eigenvalue weighted by molar-refractivity contribution is -0.138. The summed E-state index contributed by atoms with van der Waals surface area (Å²) in [7, 11) is 0. The van der Waals surface area contributed by atoms with E-state index in [1.165, 1.54) is 0 Å². The number of carbonyl (C=O) groups is 2. The zero-order valence-electron chi connectivity index (χ0n) is 12.7. The molecule has 5 heteroatoms. The van der Waals surface area contributed by atoms with Crippen LogP contribution < -0.4 is 11.1 Å². The van der Waals surface area contributed by atoms with Gasteiger partial charge in [-0.05, 0) is 17.5 Å². The van der Waals surface area contributed by atoms with Crippen LogP contribution in [0, 0.1) is 0 Å². The minimum Gasteiger partial charge on any atom is -0.480 e. The van der Waals surface area contributed by atoms with Crippen LogP contribution >= 0.6 is 0 Å². The summed E-state index contributed by atoms with van der Waals surface area (Å²) in [4.78, 5) is 22.9. The van der Waals surface area contributed by atoms with Crippen molar-refractivity contribution in [3.05, 3.63) is 71.8 Å². The number of nitrogens with one attached hydrogen (secondary N) is 1. The van der Waals surface area contributed by atoms with Gasteiger partial charge in [0.1, 0.15) is 6.04 Å². The Hall–Kier alpha value is -2.66. The highest BCUT2D eigenvalue weighted by molar-refractivity contribution is 5.79. The Kier molecular flexibility index (Phi) is 5.88. The topological polar surface area (TPSA) is 92.4 Å². The molecule has 2 aromatic carbocycles. The molecule has 0 aliphatic carbocycles. The lowest BCUT2D eigenvalue weighted by atomic mass is 9.98. The molecule has 4 N–H and O–H groups in total. The van der Waals surface area contributed by atoms with Gasteiger partial charge in [0.2, 0.25) is 5.91 Å². The van der Waals surface area contributed by atoms with Crippen LogP contribution in [0.3, 0.4) is 0 Å². The first-order valence-corrected chi connectivity index (χ1v) is 7.45. The van der Waals surface area contributed by atoms with Crippen molar-refractivity contribution < 1.29 is 14.7 Å². The maximum Gasteiger partial charge on any atom is 0.320 e. The largest absolute Gasteiger partial charge is 0.480 e. The monoisotopic (exact) mass is 312 g/mol. The Morgan fingerprint density at radius 3 is 1.87 bits per heavy atom. The molecule has 23 heavy (non-hydrogen) atoms. The number of hydrogen-bond acceptors (Lipinski definition) is 3. The van der Waals surface area contributed by atoms with Crippen LogP contribution in [-0.2, 0) is 9.59 Å². The van der Waals surface area contributed by atoms with Crippen molar-refractivity contribution in [1.29, 1.82) is 0 Å². The number of aliphatic carboxylic acids is 1. The summed E-state index contributed by atoms with van der Waals surface area (Å²) < 4.78 is 0. The van der Waals surface area contributed by atoms with Crippen LogP contribution in [0.15, 0.2) is 60.7 Å². The van der Waals surface area contributed by atoms with Gasteiger partial charge in [-0.25, -0.2) is 0 Å². The molecule has 2 rings (SSSR count). The summed E-state index contributed by atoms with van der Waals surface area (Å²) in [5, 5.41) is 11.7. The van der Waals surface area contributed by atoms with Gasteiger partial charge in [-0.1, -0.05) is 60.7 Å². The van der Waals surface area contributed by atoms with Crippen LogP contribution in [0.1, 0.15) is 30.0 Å². The molecular weight excluding hydrogens is 292 g/mol. The normalized spacial score (nSPS) is 11.9. The fraction of sp³-hybridized carbons (Fsp3) is 0.222. The van der Waals surface area contributed by atoms with E-state index >= 15 is 0 Å². The Morgan fingerprint density at radius 1 is 0.957 bits per heavy atom. The highest BCUT2D eigenvalue weighted by Gasteiger charge is 2.18. The second kappa shape index (κ2) is 8.10. The quantitative estimate of drug-likeness (QED) is 0.730. The number of carboxylic acids is 1. The number of amides is 1. The number of rotatable bonds is 7. The van der Waals surface area contributed by atoms with Crippen molar-refractivity contribution in [1.82, 2.24) is 5.32 Å². The van der Waals surface area contributed by atoms with E-state index in [9.17, 15) is 9.59 Å². The number of hydrogen-bond donors (Lipinski definition) is 3. The van der Waals surface area contributed by atoms with E-state index in [0.717, 1.165) is 11.1 Å². The molecule has 0 radical (unpaired) electrons. The molecule has 0 aliphatic heterocycles. The van der Waals surface area contributed by atoms with Crippen LogP contribution in [0.4, 0.5) is 0 Å². The van der Waals surface area contributed by atoms with Gasteiger partial charge in [-0.15, -0.1) is 0 Å². The molecule has 0 spiro atoms. The maximum absolute atomic E-state index is 12.2. The van der Waals surface area contributed by atoms with E-state index in [1.807, 2.05) is 60.7 Å². The zero-order chi connectivity index (χ0) is 16.7. The Bertz CT molecular complexity index is 604. The van der Waals surface area contributed by atoms with E-state index < -0.39 is 12.0 Å². The van der Waals surface area contributed by atoms with Crippen molar-refractivity contribution in [3.8, 4) is 0 Å². The third-order valence-electron chi connectivity index (χ3n) is 3.57. The maximum atomic E-state index is 12.2. The van der Waals surface area contributed by atoms with E-state index in [0.29, 0.717) is 0 Å². The first kappa shape index (κ1) is 16.7. The molecular formula is C18H20N2O3. The standard InChI is InChI=1S/C18H20N2O3/c19-15(18(22)23)11-12-16(21)20-17(13-7-3-1-4-8-13)14-9-5-2-6-10-14/h1-10,15,17H,11-12,19H2,(H,20,21)(H,22,23)/t15-/m0/s1. The van der Waals surface area contributed by atoms with Gasteiger partial charge in [0.15, 0.2) is 0 Å². The van der Waals surface area contributed by atoms with Gasteiger partial charge in [0.25, 0.3) is 0 Å². The third kappa shape index (κ3) is 4.93. The highest BCUT2D eigenvalue weighted by atomic mass is 16.4. The van der Waals surface area contributed by atoms with Crippen molar-refractivity contribution in [2.24, 2.45) is 5.73 Å². The average Bonchev–Trinajstić information content (AvgIpc) is 2.59. The number of carboxylic acid groups (broad SMARTS) is 1. The van der Waals surface area contributed by atoms with Gasteiger partial charge >= 0.3 is 5.97 Å². The third-order valence-corrected chi connectivity index (χ3v) is 3.57. The summed E-state index contributed by atoms with van der Waals surface area (Å²) in [5.41, 5.74) is 7.37. The van der Waals surface area contributed by atoms with Crippen molar-refractivity contribution in [3.63, 3.8) is 0 Å². The predicted molar refractivity (Wildman–Crippen MR) is 87.7 cm³/mol. The van der Waals surface area contributed by atoms with Crippen LogP contribution in [0.2, 0.25) is 0 Å². The fourth-order valence-corrected chi connectivity index (χ4v) is 2.29. The summed E-state index contributed by atoms with van der Waals surface area (Å²) in [6, 6.07) is 18.0. The molecule has 0 heterocycles. The van der Waals surface area contributed by atoms with Gasteiger partial charge < -0.3 is 16.2 Å². The van der Waals surface area contributed by atoms with Gasteiger partial charge in [-0.2, -0.15) is 0 Å². The molecule has 5 nitrogen and oxygen atoms in total. The van der Waals surface area contributed by atoms with Gasteiger partial charge in [0.05, 0.1) is 6.04 Å². The minimum atomic E-state index is -1.10. The molecule has 0 unspecified atom stereocenters. The Morgan fingerprint density at radius 2 is 1.43 bits per heavy atom. The molecule has 0 bridgehead atoms. The Labute approximate surface area is 135 Å². The van der Waals surface area contributed by atoms with Crippen molar-refractivity contribution in [2.45, 2.75) is 24.9 Å². The molecule has 0 fully saturated rings. The highest BCUT2D eigenvalue weighted by Crippen LogP contribution is 2.21. The van der Waals surface area contributed by atoms with Crippen LogP contribution in [0.5, 0.6) is 0 Å². The van der Waals surface area contributed by atoms with Crippen LogP contribution in [0.25, 0.3) is 0 Å². The smallest absolute Gasteiger partial charge is 0.320 e. The summed E-state index contributed by atoms with van der Waals surface area (Å²) in [6.45, 7) is 0. The number of carbonyl (C=O) groups excluding carboxylic acids is 1. The van der Waals surface area contributed by atoms with Crippen LogP contribution in [-0.4, -0.2) is 23.0 Å². The molecule has 0 aromatic heterocycles. The number of benzene rings is 2. The SMILES string of the molecule is N[C@@H](CCC(=O)NC(c1ccccc1)c1ccccc1)C(=O)O. The Balaban J connectivity index is 2.10. The summed E-state index contributed by atoms with van der Waals surface area (Å²) >= 11 is 0. The summed E-state index contributed by atoms with van der Waals surface area (Å²) in [5.74, 6) is -1.32. The van der Waals surface area contributed by atoms with E-state index in [1.54, 1.807) is 0 Å². The summed E-state index contributed by atoms with van der Waals surface area (Å²) in [6.07, 6.45) is 0.182. The average molecular weight is 312 g/mol. The lowest BCUT2D eigenvalue weighted by Gasteiger charge is -2.20. The molecule has 0 aliphatic rings. The fourth-order valence-electron chi connectivity index (χ4n) is 2.29. The van der Waals surface area contributed by atoms with Gasteiger partial charge in [0, 0.05) is 6.42 Å². The molecule has 2 aromatic rings. The molecule has 0 saturated carbocycles. The van der Waals surface area contributed by atoms with Crippen molar-refractivity contribution >= 4 is 11.9 Å². The second-order valence-corrected chi connectivity index (χ2v) is 5.31. The first-order valence-electron chi connectivity index (χ1n) is 7.45. The van der Waals surface area contributed by atoms with Crippen molar-refractivity contribution in [2.75, 3.05) is 0 Å². The van der Waals surface area contributed by atoms with E-state index in [-0.39, 0.29) is 24.8 Å². The first-order chi connectivity index (χ1) is 11.1. The van der Waals surface area contributed by atoms with E-state index in [2.05, 4.69) is 5.32 Å².